The molecule has 2 aromatic carbocycles. The average Bonchev–Trinajstić information content (AvgIpc) is 3.21. The molecule has 0 aliphatic rings. The number of ether oxygens (including phenoxy) is 1. The highest BCUT2D eigenvalue weighted by Crippen LogP contribution is 2.19. The highest BCUT2D eigenvalue weighted by atomic mass is 32.2. The van der Waals surface area contributed by atoms with Crippen molar-refractivity contribution >= 4 is 34.8 Å². The Kier molecular flexibility index (Phi) is 7.56. The number of hydrogen-bond acceptors (Lipinski definition) is 5. The summed E-state index contributed by atoms with van der Waals surface area (Å²) in [6, 6.07) is 17.4. The molecular formula is C20H21N3O2S2. The third-order valence-electron chi connectivity index (χ3n) is 3.58. The SMILES string of the molecule is O=C(NCCCSc1ccccc1)Nc1cccc(OCc2cscn2)c1. The van der Waals surface area contributed by atoms with Crippen LogP contribution >= 0.6 is 23.1 Å². The fourth-order valence-electron chi connectivity index (χ4n) is 2.29. The van der Waals surface area contributed by atoms with E-state index in [2.05, 4.69) is 27.8 Å². The third-order valence-corrected chi connectivity index (χ3v) is 5.31. The molecule has 0 atom stereocenters. The van der Waals surface area contributed by atoms with Gasteiger partial charge in [0.25, 0.3) is 0 Å². The van der Waals surface area contributed by atoms with Gasteiger partial charge in [-0.25, -0.2) is 9.78 Å². The van der Waals surface area contributed by atoms with E-state index in [-0.39, 0.29) is 6.03 Å². The van der Waals surface area contributed by atoms with Crippen LogP contribution in [0.4, 0.5) is 10.5 Å². The van der Waals surface area contributed by atoms with Gasteiger partial charge in [0, 0.05) is 28.6 Å². The molecule has 0 spiro atoms. The van der Waals surface area contributed by atoms with Crippen LogP contribution in [0.15, 0.2) is 70.4 Å². The van der Waals surface area contributed by atoms with E-state index in [0.717, 1.165) is 17.9 Å². The van der Waals surface area contributed by atoms with Gasteiger partial charge in [0.15, 0.2) is 0 Å². The Morgan fingerprint density at radius 2 is 2.04 bits per heavy atom. The van der Waals surface area contributed by atoms with E-state index in [0.29, 0.717) is 24.6 Å². The molecule has 2 N–H and O–H groups in total. The summed E-state index contributed by atoms with van der Waals surface area (Å²) in [7, 11) is 0. The lowest BCUT2D eigenvalue weighted by molar-refractivity contribution is 0.252. The van der Waals surface area contributed by atoms with E-state index < -0.39 is 0 Å². The number of carbonyl (C=O) groups excluding carboxylic acids is 1. The summed E-state index contributed by atoms with van der Waals surface area (Å²) in [5, 5.41) is 7.66. The van der Waals surface area contributed by atoms with Crippen molar-refractivity contribution in [1.82, 2.24) is 10.3 Å². The van der Waals surface area contributed by atoms with Gasteiger partial charge in [-0.2, -0.15) is 0 Å². The van der Waals surface area contributed by atoms with Gasteiger partial charge in [0.2, 0.25) is 0 Å². The van der Waals surface area contributed by atoms with Gasteiger partial charge in [0.1, 0.15) is 12.4 Å². The van der Waals surface area contributed by atoms with Crippen LogP contribution in [0.1, 0.15) is 12.1 Å². The molecule has 0 bridgehead atoms. The summed E-state index contributed by atoms with van der Waals surface area (Å²) < 4.78 is 5.70. The first kappa shape index (κ1) is 19.3. The second-order valence-corrected chi connectivity index (χ2v) is 7.58. The van der Waals surface area contributed by atoms with Gasteiger partial charge >= 0.3 is 6.03 Å². The molecular weight excluding hydrogens is 378 g/mol. The number of urea groups is 1. The number of carbonyl (C=O) groups is 1. The summed E-state index contributed by atoms with van der Waals surface area (Å²) in [5.41, 5.74) is 3.37. The lowest BCUT2D eigenvalue weighted by Gasteiger charge is -2.10. The van der Waals surface area contributed by atoms with Gasteiger partial charge in [-0.1, -0.05) is 24.3 Å². The smallest absolute Gasteiger partial charge is 0.319 e. The molecule has 3 rings (SSSR count). The Balaban J connectivity index is 1.35. The van der Waals surface area contributed by atoms with E-state index in [1.165, 1.54) is 16.2 Å². The molecule has 0 saturated carbocycles. The van der Waals surface area contributed by atoms with Gasteiger partial charge in [-0.3, -0.25) is 0 Å². The van der Waals surface area contributed by atoms with Gasteiger partial charge < -0.3 is 15.4 Å². The normalized spacial score (nSPS) is 10.4. The fraction of sp³-hybridized carbons (Fsp3) is 0.200. The van der Waals surface area contributed by atoms with Gasteiger partial charge in [-0.05, 0) is 36.4 Å². The van der Waals surface area contributed by atoms with Crippen LogP contribution in [0, 0.1) is 0 Å². The number of thiazole rings is 1. The van der Waals surface area contributed by atoms with Gasteiger partial charge in [0.05, 0.1) is 11.2 Å². The molecule has 1 aromatic heterocycles. The van der Waals surface area contributed by atoms with E-state index in [4.69, 9.17) is 4.74 Å². The predicted octanol–water partition coefficient (Wildman–Crippen LogP) is 5.03. The summed E-state index contributed by atoms with van der Waals surface area (Å²) in [6.07, 6.45) is 0.907. The van der Waals surface area contributed by atoms with E-state index in [1.54, 1.807) is 23.3 Å². The van der Waals surface area contributed by atoms with Crippen LogP contribution in [0.2, 0.25) is 0 Å². The quantitative estimate of drug-likeness (QED) is 0.391. The van der Waals surface area contributed by atoms with E-state index in [9.17, 15) is 4.79 Å². The van der Waals surface area contributed by atoms with Crippen molar-refractivity contribution in [2.75, 3.05) is 17.6 Å². The van der Waals surface area contributed by atoms with Crippen LogP contribution in [-0.2, 0) is 6.61 Å². The summed E-state index contributed by atoms with van der Waals surface area (Å²) in [5.74, 6) is 1.66. The van der Waals surface area contributed by atoms with Crippen LogP contribution < -0.4 is 15.4 Å². The zero-order chi connectivity index (χ0) is 18.7. The first-order chi connectivity index (χ1) is 13.3. The molecule has 5 nitrogen and oxygen atoms in total. The summed E-state index contributed by atoms with van der Waals surface area (Å²) >= 11 is 3.33. The van der Waals surface area contributed by atoms with Crippen LogP contribution in [-0.4, -0.2) is 23.3 Å². The Morgan fingerprint density at radius 3 is 2.85 bits per heavy atom. The van der Waals surface area contributed by atoms with Gasteiger partial charge in [-0.15, -0.1) is 23.1 Å². The van der Waals surface area contributed by atoms with E-state index >= 15 is 0 Å². The average molecular weight is 400 g/mol. The number of benzene rings is 2. The Bertz CT molecular complexity index is 826. The molecule has 0 aliphatic carbocycles. The monoisotopic (exact) mass is 399 g/mol. The molecule has 1 heterocycles. The topological polar surface area (TPSA) is 63.2 Å². The van der Waals surface area contributed by atoms with E-state index in [1.807, 2.05) is 41.8 Å². The van der Waals surface area contributed by atoms with Crippen molar-refractivity contribution in [3.05, 3.63) is 71.2 Å². The van der Waals surface area contributed by atoms with Crippen LogP contribution in [0.3, 0.4) is 0 Å². The summed E-state index contributed by atoms with van der Waals surface area (Å²) in [6.45, 7) is 1.05. The molecule has 2 amide bonds. The second kappa shape index (κ2) is 10.6. The number of rotatable bonds is 9. The maximum absolute atomic E-state index is 12.0. The number of anilines is 1. The predicted molar refractivity (Wildman–Crippen MR) is 112 cm³/mol. The zero-order valence-electron chi connectivity index (χ0n) is 14.8. The highest BCUT2D eigenvalue weighted by Gasteiger charge is 2.03. The molecule has 3 aromatic rings. The molecule has 0 fully saturated rings. The lowest BCUT2D eigenvalue weighted by atomic mass is 10.3. The maximum Gasteiger partial charge on any atom is 0.319 e. The van der Waals surface area contributed by atoms with Crippen molar-refractivity contribution in [3.63, 3.8) is 0 Å². The molecule has 140 valence electrons. The minimum atomic E-state index is -0.212. The number of hydrogen-bond donors (Lipinski definition) is 2. The largest absolute Gasteiger partial charge is 0.487 e. The highest BCUT2D eigenvalue weighted by molar-refractivity contribution is 7.99. The van der Waals surface area contributed by atoms with Crippen LogP contribution in [0.25, 0.3) is 0 Å². The Labute approximate surface area is 167 Å². The van der Waals surface area contributed by atoms with Crippen molar-refractivity contribution in [2.45, 2.75) is 17.9 Å². The number of amides is 2. The van der Waals surface area contributed by atoms with Crippen LogP contribution in [0.5, 0.6) is 5.75 Å². The first-order valence-electron chi connectivity index (χ1n) is 8.62. The van der Waals surface area contributed by atoms with Crippen molar-refractivity contribution in [1.29, 1.82) is 0 Å². The zero-order valence-corrected chi connectivity index (χ0v) is 16.4. The standard InChI is InChI=1S/C20H21N3O2S2/c24-20(21-10-5-11-27-19-8-2-1-3-9-19)23-16-6-4-7-18(12-16)25-13-17-14-26-15-22-17/h1-4,6-9,12,14-15H,5,10-11,13H2,(H2,21,23,24). The lowest BCUT2D eigenvalue weighted by Crippen LogP contribution is -2.29. The maximum atomic E-state index is 12.0. The molecule has 0 aliphatic heterocycles. The number of nitrogens with one attached hydrogen (secondary N) is 2. The molecule has 0 radical (unpaired) electrons. The van der Waals surface area contributed by atoms with Crippen molar-refractivity contribution in [2.24, 2.45) is 0 Å². The minimum Gasteiger partial charge on any atom is -0.487 e. The molecule has 0 unspecified atom stereocenters. The molecule has 7 heteroatoms. The summed E-state index contributed by atoms with van der Waals surface area (Å²) in [4.78, 5) is 17.5. The Morgan fingerprint density at radius 1 is 1.15 bits per heavy atom. The number of nitrogens with zero attached hydrogens (tertiary/aromatic N) is 1. The van der Waals surface area contributed by atoms with Crippen molar-refractivity contribution < 1.29 is 9.53 Å². The number of thioether (sulfide) groups is 1. The van der Waals surface area contributed by atoms with Crippen molar-refractivity contribution in [3.8, 4) is 5.75 Å². The number of aromatic nitrogens is 1. The Hall–Kier alpha value is -2.51. The second-order valence-electron chi connectivity index (χ2n) is 5.69. The minimum absolute atomic E-state index is 0.212. The fourth-order valence-corrected chi connectivity index (χ4v) is 3.70. The first-order valence-corrected chi connectivity index (χ1v) is 10.5. The molecule has 0 saturated heterocycles. The third kappa shape index (κ3) is 6.96. The molecule has 27 heavy (non-hydrogen) atoms.